The zero-order chi connectivity index (χ0) is 28.1. The molecule has 0 aromatic rings. The van der Waals surface area contributed by atoms with Gasteiger partial charge in [-0.3, -0.25) is 4.79 Å². The number of hydrogen-bond acceptors (Lipinski definition) is 2. The number of esters is 1. The second-order valence-corrected chi connectivity index (χ2v) is 12.2. The van der Waals surface area contributed by atoms with Crippen LogP contribution in [0.2, 0.25) is 0 Å². The van der Waals surface area contributed by atoms with Crippen molar-refractivity contribution in [3.8, 4) is 0 Å². The Kier molecular flexibility index (Phi) is 18.9. The quantitative estimate of drug-likeness (QED) is 0.0899. The van der Waals surface area contributed by atoms with Crippen molar-refractivity contribution in [1.29, 1.82) is 0 Å². The summed E-state index contributed by atoms with van der Waals surface area (Å²) in [5.74, 6) is -0.0720. The molecule has 0 amide bonds. The summed E-state index contributed by atoms with van der Waals surface area (Å²) >= 11 is 0. The zero-order valence-electron chi connectivity index (χ0n) is 26.0. The van der Waals surface area contributed by atoms with Crippen LogP contribution in [0.15, 0.2) is 58.7 Å². The molecule has 0 N–H and O–H groups in total. The first kappa shape index (κ1) is 34.2. The number of hydrogen-bond donors (Lipinski definition) is 0. The minimum absolute atomic E-state index is 0.0720. The van der Waals surface area contributed by atoms with E-state index in [1.807, 2.05) is 6.08 Å². The molecule has 1 rings (SSSR count). The summed E-state index contributed by atoms with van der Waals surface area (Å²) in [6.07, 6.45) is 34.3. The lowest BCUT2D eigenvalue weighted by atomic mass is 9.72. The van der Waals surface area contributed by atoms with Crippen molar-refractivity contribution in [2.24, 2.45) is 5.41 Å². The molecule has 0 bridgehead atoms. The summed E-state index contributed by atoms with van der Waals surface area (Å²) in [5.41, 5.74) is 5.65. The second-order valence-electron chi connectivity index (χ2n) is 12.2. The highest BCUT2D eigenvalue weighted by Crippen LogP contribution is 2.40. The standard InChI is InChI=1S/C36H60O2/c1-7-8-9-10-11-12-13-14-15-16-17-18-19-25-35(37)38-30-28-32(3)23-20-22-31(2)26-27-34-33(4)24-21-29-36(34,5)6/h20,22-23,26-28H,7-19,21,24-25,29-30H2,1-6H3/b23-20-,27-26+,31-22+,32-28+. The first-order valence-corrected chi connectivity index (χ1v) is 15.8. The molecule has 38 heavy (non-hydrogen) atoms. The van der Waals surface area contributed by atoms with Gasteiger partial charge in [0.1, 0.15) is 6.61 Å². The van der Waals surface area contributed by atoms with Crippen LogP contribution in [0.3, 0.4) is 0 Å². The SMILES string of the molecule is CCCCCCCCCCCCCCCC(=O)OC/C=C(C)/C=C\C=C(C)\C=C\C1=C(C)CCCC1(C)C. The fraction of sp³-hybridized carbons (Fsp3) is 0.694. The van der Waals surface area contributed by atoms with Crippen LogP contribution >= 0.6 is 0 Å². The molecular weight excluding hydrogens is 464 g/mol. The molecule has 0 radical (unpaired) electrons. The average molecular weight is 525 g/mol. The molecule has 2 heteroatoms. The van der Waals surface area contributed by atoms with E-state index in [4.69, 9.17) is 4.74 Å². The van der Waals surface area contributed by atoms with Crippen LogP contribution in [0.5, 0.6) is 0 Å². The summed E-state index contributed by atoms with van der Waals surface area (Å²) in [6, 6.07) is 0. The van der Waals surface area contributed by atoms with E-state index in [2.05, 4.69) is 71.9 Å². The van der Waals surface area contributed by atoms with Gasteiger partial charge in [-0.2, -0.15) is 0 Å². The zero-order valence-corrected chi connectivity index (χ0v) is 26.0. The van der Waals surface area contributed by atoms with Crippen molar-refractivity contribution in [2.45, 2.75) is 151 Å². The molecule has 0 aromatic carbocycles. The van der Waals surface area contributed by atoms with Crippen LogP contribution in [0.4, 0.5) is 0 Å². The molecular formula is C36H60O2. The Morgan fingerprint density at radius 3 is 2.00 bits per heavy atom. The van der Waals surface area contributed by atoms with Gasteiger partial charge in [0.05, 0.1) is 0 Å². The largest absolute Gasteiger partial charge is 0.461 e. The maximum absolute atomic E-state index is 12.0. The average Bonchev–Trinajstić information content (AvgIpc) is 2.86. The molecule has 0 saturated heterocycles. The normalized spacial score (nSPS) is 16.7. The number of ether oxygens (including phenoxy) is 1. The van der Waals surface area contributed by atoms with Crippen molar-refractivity contribution >= 4 is 5.97 Å². The summed E-state index contributed by atoms with van der Waals surface area (Å²) in [4.78, 5) is 12.0. The fourth-order valence-corrected chi connectivity index (χ4v) is 5.33. The van der Waals surface area contributed by atoms with E-state index in [0.29, 0.717) is 13.0 Å². The third kappa shape index (κ3) is 16.9. The summed E-state index contributed by atoms with van der Waals surface area (Å²) in [5, 5.41) is 0. The Morgan fingerprint density at radius 2 is 1.42 bits per heavy atom. The van der Waals surface area contributed by atoms with E-state index in [0.717, 1.165) is 18.4 Å². The number of rotatable bonds is 20. The van der Waals surface area contributed by atoms with Gasteiger partial charge in [0.2, 0.25) is 0 Å². The van der Waals surface area contributed by atoms with Gasteiger partial charge in [0, 0.05) is 6.42 Å². The Hall–Kier alpha value is -1.83. The van der Waals surface area contributed by atoms with E-state index < -0.39 is 0 Å². The third-order valence-corrected chi connectivity index (χ3v) is 7.91. The fourth-order valence-electron chi connectivity index (χ4n) is 5.33. The lowest BCUT2D eigenvalue weighted by molar-refractivity contribution is -0.142. The lowest BCUT2D eigenvalue weighted by Crippen LogP contribution is -2.19. The minimum atomic E-state index is -0.0720. The topological polar surface area (TPSA) is 26.3 Å². The molecule has 0 atom stereocenters. The molecule has 0 aliphatic heterocycles. The molecule has 0 unspecified atom stereocenters. The molecule has 2 nitrogen and oxygen atoms in total. The number of allylic oxidation sites excluding steroid dienone is 9. The Morgan fingerprint density at radius 1 is 0.842 bits per heavy atom. The van der Waals surface area contributed by atoms with Crippen molar-refractivity contribution in [1.82, 2.24) is 0 Å². The lowest BCUT2D eigenvalue weighted by Gasteiger charge is -2.32. The van der Waals surface area contributed by atoms with Crippen LogP contribution in [-0.4, -0.2) is 12.6 Å². The van der Waals surface area contributed by atoms with Gasteiger partial charge in [-0.1, -0.05) is 145 Å². The number of unbranched alkanes of at least 4 members (excludes halogenated alkanes) is 12. The van der Waals surface area contributed by atoms with Gasteiger partial charge < -0.3 is 4.74 Å². The molecule has 0 spiro atoms. The van der Waals surface area contributed by atoms with Crippen LogP contribution in [0, 0.1) is 5.41 Å². The van der Waals surface area contributed by atoms with Crippen molar-refractivity contribution in [3.63, 3.8) is 0 Å². The highest BCUT2D eigenvalue weighted by atomic mass is 16.5. The third-order valence-electron chi connectivity index (χ3n) is 7.91. The van der Waals surface area contributed by atoms with Gasteiger partial charge in [0.15, 0.2) is 0 Å². The maximum atomic E-state index is 12.0. The predicted octanol–water partition coefficient (Wildman–Crippen LogP) is 11.5. The number of carbonyl (C=O) groups is 1. The minimum Gasteiger partial charge on any atom is -0.461 e. The first-order chi connectivity index (χ1) is 18.3. The molecule has 0 saturated carbocycles. The summed E-state index contributed by atoms with van der Waals surface area (Å²) in [7, 11) is 0. The Bertz CT molecular complexity index is 803. The summed E-state index contributed by atoms with van der Waals surface area (Å²) < 4.78 is 5.40. The van der Waals surface area contributed by atoms with E-state index in [1.54, 1.807) is 0 Å². The highest BCUT2D eigenvalue weighted by molar-refractivity contribution is 5.69. The van der Waals surface area contributed by atoms with Crippen molar-refractivity contribution in [3.05, 3.63) is 58.7 Å². The van der Waals surface area contributed by atoms with Crippen LogP contribution in [-0.2, 0) is 9.53 Å². The van der Waals surface area contributed by atoms with Gasteiger partial charge in [-0.25, -0.2) is 0 Å². The van der Waals surface area contributed by atoms with Crippen LogP contribution < -0.4 is 0 Å². The van der Waals surface area contributed by atoms with E-state index >= 15 is 0 Å². The van der Waals surface area contributed by atoms with Gasteiger partial charge in [0.25, 0.3) is 0 Å². The first-order valence-electron chi connectivity index (χ1n) is 15.8. The van der Waals surface area contributed by atoms with Gasteiger partial charge >= 0.3 is 5.97 Å². The maximum Gasteiger partial charge on any atom is 0.306 e. The highest BCUT2D eigenvalue weighted by Gasteiger charge is 2.26. The van der Waals surface area contributed by atoms with Crippen LogP contribution in [0.25, 0.3) is 0 Å². The Balaban J connectivity index is 2.13. The molecule has 1 aliphatic carbocycles. The molecule has 1 aliphatic rings. The molecule has 0 aromatic heterocycles. The van der Waals surface area contributed by atoms with Crippen molar-refractivity contribution in [2.75, 3.05) is 6.61 Å². The van der Waals surface area contributed by atoms with E-state index in [-0.39, 0.29) is 11.4 Å². The second kappa shape index (κ2) is 21.0. The van der Waals surface area contributed by atoms with Gasteiger partial charge in [-0.15, -0.1) is 0 Å². The number of carbonyl (C=O) groups excluding carboxylic acids is 1. The molecule has 0 fully saturated rings. The van der Waals surface area contributed by atoms with Gasteiger partial charge in [-0.05, 0) is 63.5 Å². The monoisotopic (exact) mass is 524 g/mol. The Labute approximate surface area is 236 Å². The van der Waals surface area contributed by atoms with E-state index in [1.165, 1.54) is 107 Å². The van der Waals surface area contributed by atoms with Crippen LogP contribution in [0.1, 0.15) is 151 Å². The molecule has 0 heterocycles. The smallest absolute Gasteiger partial charge is 0.306 e. The predicted molar refractivity (Wildman–Crippen MR) is 167 cm³/mol. The van der Waals surface area contributed by atoms with Crippen molar-refractivity contribution < 1.29 is 9.53 Å². The molecule has 216 valence electrons. The summed E-state index contributed by atoms with van der Waals surface area (Å²) in [6.45, 7) is 13.8. The van der Waals surface area contributed by atoms with E-state index in [9.17, 15) is 4.79 Å².